The van der Waals surface area contributed by atoms with Gasteiger partial charge in [0.1, 0.15) is 6.10 Å². The minimum Gasteiger partial charge on any atom is -0.396 e. The highest BCUT2D eigenvalue weighted by Crippen LogP contribution is 2.32. The topological polar surface area (TPSA) is 125 Å². The lowest BCUT2D eigenvalue weighted by atomic mass is 9.99. The molecule has 4 N–H and O–H groups in total. The van der Waals surface area contributed by atoms with Gasteiger partial charge in [0.05, 0.1) is 19.3 Å². The van der Waals surface area contributed by atoms with Crippen molar-refractivity contribution in [1.82, 2.24) is 9.55 Å². The first kappa shape index (κ1) is 13.0. The molecular formula is C10H14N2O6. The molecule has 0 aliphatic carbocycles. The van der Waals surface area contributed by atoms with Crippen LogP contribution in [0, 0.1) is 5.92 Å². The summed E-state index contributed by atoms with van der Waals surface area (Å²) in [6.07, 6.45) is -1.74. The molecule has 18 heavy (non-hydrogen) atoms. The largest absolute Gasteiger partial charge is 0.396 e. The molecule has 1 aliphatic rings. The minimum atomic E-state index is -1.14. The third-order valence-corrected chi connectivity index (χ3v) is 3.04. The van der Waals surface area contributed by atoms with Gasteiger partial charge in [-0.3, -0.25) is 14.3 Å². The molecule has 1 aliphatic heterocycles. The first-order chi connectivity index (χ1) is 8.58. The molecule has 8 heteroatoms. The molecule has 0 amide bonds. The number of aromatic amines is 1. The number of aliphatic hydroxyl groups excluding tert-OH is 3. The third kappa shape index (κ3) is 2.10. The molecule has 0 spiro atoms. The van der Waals surface area contributed by atoms with Gasteiger partial charge in [-0.05, 0) is 0 Å². The smallest absolute Gasteiger partial charge is 0.330 e. The van der Waals surface area contributed by atoms with E-state index in [1.54, 1.807) is 0 Å². The fraction of sp³-hybridized carbons (Fsp3) is 0.600. The van der Waals surface area contributed by atoms with Crippen LogP contribution in [0.25, 0.3) is 0 Å². The molecule has 4 atom stereocenters. The molecule has 0 saturated carbocycles. The van der Waals surface area contributed by atoms with Crippen molar-refractivity contribution in [3.63, 3.8) is 0 Å². The fourth-order valence-corrected chi connectivity index (χ4v) is 2.05. The molecule has 1 saturated heterocycles. The van der Waals surface area contributed by atoms with E-state index in [0.717, 1.165) is 10.6 Å². The number of nitrogens with one attached hydrogen (secondary N) is 1. The third-order valence-electron chi connectivity index (χ3n) is 3.04. The normalized spacial score (nSPS) is 31.7. The molecule has 0 unspecified atom stereocenters. The van der Waals surface area contributed by atoms with E-state index >= 15 is 0 Å². The first-order valence-electron chi connectivity index (χ1n) is 5.45. The summed E-state index contributed by atoms with van der Waals surface area (Å²) in [7, 11) is 0. The zero-order chi connectivity index (χ0) is 13.3. The number of hydrogen-bond acceptors (Lipinski definition) is 6. The Morgan fingerprint density at radius 2 is 2.06 bits per heavy atom. The Balaban J connectivity index is 2.34. The number of nitrogens with zero attached hydrogens (tertiary/aromatic N) is 1. The highest BCUT2D eigenvalue weighted by molar-refractivity contribution is 4.92. The quantitative estimate of drug-likeness (QED) is 0.471. The Morgan fingerprint density at radius 3 is 2.56 bits per heavy atom. The van der Waals surface area contributed by atoms with Crippen LogP contribution in [0.3, 0.4) is 0 Å². The van der Waals surface area contributed by atoms with Gasteiger partial charge in [0, 0.05) is 18.2 Å². The van der Waals surface area contributed by atoms with E-state index in [9.17, 15) is 14.7 Å². The van der Waals surface area contributed by atoms with Crippen molar-refractivity contribution in [3.8, 4) is 0 Å². The standard InChI is InChI=1S/C10H14N2O6/c13-3-5-6(4-14)18-9(8(5)16)12-2-1-7(15)11-10(12)17/h1-2,5-6,8-9,13-14,16H,3-4H2,(H,11,15,17)/t5-,6+,8-,9+/m0/s1. The molecule has 1 aromatic heterocycles. The minimum absolute atomic E-state index is 0.374. The summed E-state index contributed by atoms with van der Waals surface area (Å²) in [4.78, 5) is 24.5. The summed E-state index contributed by atoms with van der Waals surface area (Å²) in [6.45, 7) is -0.752. The Morgan fingerprint density at radius 1 is 1.33 bits per heavy atom. The van der Waals surface area contributed by atoms with Gasteiger partial charge >= 0.3 is 5.69 Å². The van der Waals surface area contributed by atoms with E-state index in [4.69, 9.17) is 14.9 Å². The molecule has 100 valence electrons. The first-order valence-corrected chi connectivity index (χ1v) is 5.45. The number of rotatable bonds is 3. The lowest BCUT2D eigenvalue weighted by Crippen LogP contribution is -2.36. The summed E-state index contributed by atoms with van der Waals surface area (Å²) < 4.78 is 6.33. The van der Waals surface area contributed by atoms with Crippen molar-refractivity contribution < 1.29 is 20.1 Å². The van der Waals surface area contributed by atoms with E-state index in [0.29, 0.717) is 0 Å². The SMILES string of the molecule is O=c1ccn([C@@H]2O[C@H](CO)[C@H](CO)[C@@H]2O)c(=O)[nH]1. The second-order valence-electron chi connectivity index (χ2n) is 4.10. The van der Waals surface area contributed by atoms with Gasteiger partial charge in [0.25, 0.3) is 5.56 Å². The van der Waals surface area contributed by atoms with E-state index in [2.05, 4.69) is 0 Å². The zero-order valence-electron chi connectivity index (χ0n) is 9.39. The Hall–Kier alpha value is -1.48. The van der Waals surface area contributed by atoms with Crippen LogP contribution in [0.1, 0.15) is 6.23 Å². The number of aliphatic hydroxyl groups is 3. The van der Waals surface area contributed by atoms with Crippen LogP contribution in [0.4, 0.5) is 0 Å². The van der Waals surface area contributed by atoms with Gasteiger partial charge < -0.3 is 20.1 Å². The number of hydrogen-bond donors (Lipinski definition) is 4. The van der Waals surface area contributed by atoms with Crippen LogP contribution >= 0.6 is 0 Å². The second kappa shape index (κ2) is 5.02. The fourth-order valence-electron chi connectivity index (χ4n) is 2.05. The molecule has 0 radical (unpaired) electrons. The predicted octanol–water partition coefficient (Wildman–Crippen LogP) is -2.60. The van der Waals surface area contributed by atoms with Crippen molar-refractivity contribution >= 4 is 0 Å². The van der Waals surface area contributed by atoms with E-state index in [1.165, 1.54) is 6.20 Å². The molecule has 0 aromatic carbocycles. The van der Waals surface area contributed by atoms with Crippen molar-refractivity contribution in [3.05, 3.63) is 33.1 Å². The van der Waals surface area contributed by atoms with E-state index in [1.807, 2.05) is 4.98 Å². The Kier molecular flexibility index (Phi) is 3.62. The van der Waals surface area contributed by atoms with Crippen LogP contribution in [-0.2, 0) is 4.74 Å². The molecule has 2 rings (SSSR count). The summed E-state index contributed by atoms with van der Waals surface area (Å²) >= 11 is 0. The van der Waals surface area contributed by atoms with Crippen LogP contribution < -0.4 is 11.2 Å². The van der Waals surface area contributed by atoms with Crippen molar-refractivity contribution in [2.75, 3.05) is 13.2 Å². The molecule has 2 heterocycles. The Labute approximate surface area is 101 Å². The maximum absolute atomic E-state index is 11.6. The predicted molar refractivity (Wildman–Crippen MR) is 58.9 cm³/mol. The second-order valence-corrected chi connectivity index (χ2v) is 4.10. The van der Waals surface area contributed by atoms with Gasteiger partial charge in [0.2, 0.25) is 0 Å². The monoisotopic (exact) mass is 258 g/mol. The maximum atomic E-state index is 11.6. The lowest BCUT2D eigenvalue weighted by Gasteiger charge is -2.17. The summed E-state index contributed by atoms with van der Waals surface area (Å²) in [6, 6.07) is 1.12. The lowest BCUT2D eigenvalue weighted by molar-refractivity contribution is -0.0538. The van der Waals surface area contributed by atoms with Crippen molar-refractivity contribution in [2.45, 2.75) is 18.4 Å². The molecule has 1 aromatic rings. The summed E-state index contributed by atoms with van der Waals surface area (Å²) in [5.41, 5.74) is -1.28. The van der Waals surface area contributed by atoms with Gasteiger partial charge in [0.15, 0.2) is 6.23 Å². The van der Waals surface area contributed by atoms with E-state index < -0.39 is 35.6 Å². The van der Waals surface area contributed by atoms with E-state index in [-0.39, 0.29) is 13.2 Å². The highest BCUT2D eigenvalue weighted by atomic mass is 16.5. The average molecular weight is 258 g/mol. The number of H-pyrrole nitrogens is 1. The zero-order valence-corrected chi connectivity index (χ0v) is 9.39. The van der Waals surface area contributed by atoms with Gasteiger partial charge in [-0.1, -0.05) is 0 Å². The van der Waals surface area contributed by atoms with Gasteiger partial charge in [-0.15, -0.1) is 0 Å². The molecular weight excluding hydrogens is 244 g/mol. The summed E-state index contributed by atoms with van der Waals surface area (Å²) in [5.74, 6) is -0.682. The summed E-state index contributed by atoms with van der Waals surface area (Å²) in [5, 5.41) is 28.1. The maximum Gasteiger partial charge on any atom is 0.330 e. The molecule has 1 fully saturated rings. The van der Waals surface area contributed by atoms with Gasteiger partial charge in [-0.25, -0.2) is 4.79 Å². The van der Waals surface area contributed by atoms with Crippen LogP contribution in [0.15, 0.2) is 21.9 Å². The number of ether oxygens (including phenoxy) is 1. The van der Waals surface area contributed by atoms with Gasteiger partial charge in [-0.2, -0.15) is 0 Å². The van der Waals surface area contributed by atoms with Crippen LogP contribution in [0.2, 0.25) is 0 Å². The molecule has 0 bridgehead atoms. The number of aromatic nitrogens is 2. The van der Waals surface area contributed by atoms with Crippen molar-refractivity contribution in [1.29, 1.82) is 0 Å². The van der Waals surface area contributed by atoms with Crippen LogP contribution in [0.5, 0.6) is 0 Å². The Bertz CT molecular complexity index is 524. The van der Waals surface area contributed by atoms with Crippen LogP contribution in [-0.4, -0.2) is 50.3 Å². The highest BCUT2D eigenvalue weighted by Gasteiger charge is 2.44. The van der Waals surface area contributed by atoms with Crippen molar-refractivity contribution in [2.24, 2.45) is 5.92 Å². The molecule has 8 nitrogen and oxygen atoms in total. The average Bonchev–Trinajstić information content (AvgIpc) is 2.66.